The number of hydrogen-bond donors (Lipinski definition) is 2. The molecule has 1 aromatic heterocycles. The quantitative estimate of drug-likeness (QED) is 0.500. The van der Waals surface area contributed by atoms with Crippen LogP contribution in [0.5, 0.6) is 0 Å². The molecule has 2 aromatic rings. The SMILES string of the molecule is CCc1ccc(-c2cc(C(=O)NN)c(=O)n(CC)n2)cc1. The first-order valence-electron chi connectivity index (χ1n) is 6.83. The zero-order valence-electron chi connectivity index (χ0n) is 12.1. The Morgan fingerprint density at radius 2 is 1.95 bits per heavy atom. The van der Waals surface area contributed by atoms with Gasteiger partial charge in [-0.05, 0) is 25.0 Å². The molecule has 21 heavy (non-hydrogen) atoms. The molecule has 0 radical (unpaired) electrons. The fraction of sp³-hybridized carbons (Fsp3) is 0.267. The van der Waals surface area contributed by atoms with Crippen molar-refractivity contribution in [2.75, 3.05) is 0 Å². The van der Waals surface area contributed by atoms with Crippen LogP contribution in [0.4, 0.5) is 0 Å². The Morgan fingerprint density at radius 1 is 1.29 bits per heavy atom. The highest BCUT2D eigenvalue weighted by Gasteiger charge is 2.14. The lowest BCUT2D eigenvalue weighted by Gasteiger charge is -2.09. The molecule has 0 aliphatic carbocycles. The zero-order valence-corrected chi connectivity index (χ0v) is 12.1. The van der Waals surface area contributed by atoms with Crippen molar-refractivity contribution >= 4 is 5.91 Å². The van der Waals surface area contributed by atoms with Gasteiger partial charge in [-0.2, -0.15) is 5.10 Å². The van der Waals surface area contributed by atoms with E-state index in [-0.39, 0.29) is 5.56 Å². The summed E-state index contributed by atoms with van der Waals surface area (Å²) < 4.78 is 1.26. The molecule has 1 heterocycles. The summed E-state index contributed by atoms with van der Waals surface area (Å²) in [6.07, 6.45) is 0.947. The molecular weight excluding hydrogens is 268 g/mol. The van der Waals surface area contributed by atoms with Crippen LogP contribution in [-0.2, 0) is 13.0 Å². The minimum Gasteiger partial charge on any atom is -0.290 e. The molecular formula is C15H18N4O2. The van der Waals surface area contributed by atoms with E-state index in [0.717, 1.165) is 12.0 Å². The maximum absolute atomic E-state index is 12.1. The van der Waals surface area contributed by atoms with E-state index in [4.69, 9.17) is 5.84 Å². The minimum absolute atomic E-state index is 0.0103. The number of benzene rings is 1. The molecule has 0 fully saturated rings. The van der Waals surface area contributed by atoms with Crippen molar-refractivity contribution in [1.29, 1.82) is 0 Å². The highest BCUT2D eigenvalue weighted by Crippen LogP contribution is 2.17. The number of nitrogens with zero attached hydrogens (tertiary/aromatic N) is 2. The van der Waals surface area contributed by atoms with E-state index >= 15 is 0 Å². The molecule has 110 valence electrons. The van der Waals surface area contributed by atoms with Crippen molar-refractivity contribution in [2.45, 2.75) is 26.8 Å². The van der Waals surface area contributed by atoms with Crippen molar-refractivity contribution in [3.8, 4) is 11.3 Å². The first-order chi connectivity index (χ1) is 10.1. The van der Waals surface area contributed by atoms with Crippen LogP contribution in [0.3, 0.4) is 0 Å². The summed E-state index contributed by atoms with van der Waals surface area (Å²) in [7, 11) is 0. The van der Waals surface area contributed by atoms with E-state index in [2.05, 4.69) is 12.0 Å². The van der Waals surface area contributed by atoms with Crippen LogP contribution in [0.25, 0.3) is 11.3 Å². The summed E-state index contributed by atoms with van der Waals surface area (Å²) >= 11 is 0. The van der Waals surface area contributed by atoms with Gasteiger partial charge >= 0.3 is 0 Å². The average molecular weight is 286 g/mol. The van der Waals surface area contributed by atoms with Crippen molar-refractivity contribution < 1.29 is 4.79 Å². The third-order valence-electron chi connectivity index (χ3n) is 3.31. The molecule has 6 nitrogen and oxygen atoms in total. The van der Waals surface area contributed by atoms with Gasteiger partial charge in [-0.25, -0.2) is 10.5 Å². The van der Waals surface area contributed by atoms with Crippen molar-refractivity contribution in [3.05, 3.63) is 51.8 Å². The first kappa shape index (κ1) is 14.9. The molecule has 0 atom stereocenters. The number of amides is 1. The summed E-state index contributed by atoms with van der Waals surface area (Å²) in [6, 6.07) is 9.32. The Hall–Kier alpha value is -2.47. The molecule has 0 aliphatic heterocycles. The zero-order chi connectivity index (χ0) is 15.4. The maximum atomic E-state index is 12.1. The summed E-state index contributed by atoms with van der Waals surface area (Å²) in [5.74, 6) is 4.51. The number of rotatable bonds is 4. The number of aryl methyl sites for hydroxylation is 2. The summed E-state index contributed by atoms with van der Waals surface area (Å²) in [4.78, 5) is 23.8. The molecule has 0 saturated carbocycles. The van der Waals surface area contributed by atoms with Crippen LogP contribution in [0, 0.1) is 0 Å². The van der Waals surface area contributed by atoms with Gasteiger partial charge < -0.3 is 0 Å². The molecule has 0 saturated heterocycles. The summed E-state index contributed by atoms with van der Waals surface area (Å²) in [6.45, 7) is 4.25. The number of hydrogen-bond acceptors (Lipinski definition) is 4. The largest absolute Gasteiger partial charge is 0.290 e. The van der Waals surface area contributed by atoms with Crippen LogP contribution in [0.2, 0.25) is 0 Å². The number of nitrogen functional groups attached to an aromatic ring is 1. The van der Waals surface area contributed by atoms with E-state index in [0.29, 0.717) is 12.2 Å². The molecule has 6 heteroatoms. The molecule has 2 rings (SSSR count). The standard InChI is InChI=1S/C15H18N4O2/c1-3-10-5-7-11(8-6-10)13-9-12(14(20)17-16)15(21)19(4-2)18-13/h5-9H,3-4,16H2,1-2H3,(H,17,20). The lowest BCUT2D eigenvalue weighted by molar-refractivity contribution is 0.0951. The molecule has 0 aliphatic rings. The molecule has 1 amide bonds. The highest BCUT2D eigenvalue weighted by atomic mass is 16.2. The second kappa shape index (κ2) is 6.32. The van der Waals surface area contributed by atoms with E-state index in [1.807, 2.05) is 29.7 Å². The molecule has 0 spiro atoms. The highest BCUT2D eigenvalue weighted by molar-refractivity contribution is 5.94. The summed E-state index contributed by atoms with van der Waals surface area (Å²) in [5, 5.41) is 4.28. The van der Waals surface area contributed by atoms with Crippen molar-refractivity contribution in [2.24, 2.45) is 5.84 Å². The smallest absolute Gasteiger partial charge is 0.279 e. The van der Waals surface area contributed by atoms with Crippen LogP contribution < -0.4 is 16.8 Å². The number of nitrogens with one attached hydrogen (secondary N) is 1. The van der Waals surface area contributed by atoms with Crippen molar-refractivity contribution in [1.82, 2.24) is 15.2 Å². The van der Waals surface area contributed by atoms with Gasteiger partial charge in [-0.3, -0.25) is 15.0 Å². The van der Waals surface area contributed by atoms with Gasteiger partial charge in [0.25, 0.3) is 11.5 Å². The number of aromatic nitrogens is 2. The van der Waals surface area contributed by atoms with Gasteiger partial charge in [0, 0.05) is 12.1 Å². The van der Waals surface area contributed by atoms with Gasteiger partial charge in [0.05, 0.1) is 5.69 Å². The van der Waals surface area contributed by atoms with Crippen LogP contribution in [0.15, 0.2) is 35.1 Å². The second-order valence-electron chi connectivity index (χ2n) is 4.59. The predicted octanol–water partition coefficient (Wildman–Crippen LogP) is 1.10. The summed E-state index contributed by atoms with van der Waals surface area (Å²) in [5.41, 5.74) is 4.16. The lowest BCUT2D eigenvalue weighted by atomic mass is 10.1. The normalized spacial score (nSPS) is 10.4. The van der Waals surface area contributed by atoms with E-state index in [9.17, 15) is 9.59 Å². The van der Waals surface area contributed by atoms with Gasteiger partial charge in [0.15, 0.2) is 0 Å². The minimum atomic E-state index is -0.615. The molecule has 3 N–H and O–H groups in total. The maximum Gasteiger partial charge on any atom is 0.279 e. The van der Waals surface area contributed by atoms with Gasteiger partial charge in [0.2, 0.25) is 0 Å². The van der Waals surface area contributed by atoms with Gasteiger partial charge in [0.1, 0.15) is 5.56 Å². The van der Waals surface area contributed by atoms with Crippen LogP contribution in [0.1, 0.15) is 29.8 Å². The van der Waals surface area contributed by atoms with Crippen LogP contribution >= 0.6 is 0 Å². The Labute approximate surface area is 122 Å². The Bertz CT molecular complexity index is 705. The van der Waals surface area contributed by atoms with Gasteiger partial charge in [-0.15, -0.1) is 0 Å². The number of nitrogens with two attached hydrogens (primary N) is 1. The fourth-order valence-electron chi connectivity index (χ4n) is 2.05. The Kier molecular flexibility index (Phi) is 4.49. The monoisotopic (exact) mass is 286 g/mol. The number of carbonyl (C=O) groups is 1. The second-order valence-corrected chi connectivity index (χ2v) is 4.59. The molecule has 0 unspecified atom stereocenters. The Morgan fingerprint density at radius 3 is 2.48 bits per heavy atom. The number of carbonyl (C=O) groups excluding carboxylic acids is 1. The number of hydrazine groups is 1. The molecule has 1 aromatic carbocycles. The molecule has 0 bridgehead atoms. The fourth-order valence-corrected chi connectivity index (χ4v) is 2.05. The van der Waals surface area contributed by atoms with Gasteiger partial charge in [-0.1, -0.05) is 31.2 Å². The third kappa shape index (κ3) is 3.00. The first-order valence-corrected chi connectivity index (χ1v) is 6.83. The van der Waals surface area contributed by atoms with E-state index < -0.39 is 11.5 Å². The topological polar surface area (TPSA) is 90.0 Å². The van der Waals surface area contributed by atoms with E-state index in [1.54, 1.807) is 6.92 Å². The lowest BCUT2D eigenvalue weighted by Crippen LogP contribution is -2.37. The average Bonchev–Trinajstić information content (AvgIpc) is 2.54. The van der Waals surface area contributed by atoms with Crippen molar-refractivity contribution in [3.63, 3.8) is 0 Å². The Balaban J connectivity index is 2.57. The van der Waals surface area contributed by atoms with Crippen LogP contribution in [-0.4, -0.2) is 15.7 Å². The third-order valence-corrected chi connectivity index (χ3v) is 3.31. The predicted molar refractivity (Wildman–Crippen MR) is 80.6 cm³/mol. The van der Waals surface area contributed by atoms with E-state index in [1.165, 1.54) is 16.3 Å².